The fourth-order valence-electron chi connectivity index (χ4n) is 2.25. The molecule has 0 aliphatic heterocycles. The summed E-state index contributed by atoms with van der Waals surface area (Å²) in [5.41, 5.74) is 0. The van der Waals surface area contributed by atoms with Gasteiger partial charge in [-0.25, -0.2) is 4.79 Å². The zero-order chi connectivity index (χ0) is 17.8. The molecule has 0 saturated carbocycles. The van der Waals surface area contributed by atoms with E-state index in [1.165, 1.54) is 7.11 Å². The topological polar surface area (TPSA) is 63.2 Å². The van der Waals surface area contributed by atoms with Crippen LogP contribution in [0.1, 0.15) is 0 Å². The molecule has 0 heterocycles. The lowest BCUT2D eigenvalue weighted by atomic mass is 11.3. The van der Waals surface area contributed by atoms with Crippen molar-refractivity contribution in [1.29, 1.82) is 0 Å². The average molecular weight is 385 g/mol. The minimum absolute atomic E-state index is 0.107. The summed E-state index contributed by atoms with van der Waals surface area (Å²) in [6.45, 7) is 18.6. The van der Waals surface area contributed by atoms with Crippen LogP contribution < -0.4 is 0 Å². The number of carbonyl (C=O) groups is 1. The highest BCUT2D eigenvalue weighted by Gasteiger charge is 2.45. The van der Waals surface area contributed by atoms with Crippen LogP contribution in [0.4, 0.5) is 4.79 Å². The van der Waals surface area contributed by atoms with Gasteiger partial charge in [-0.3, -0.25) is 0 Å². The van der Waals surface area contributed by atoms with Gasteiger partial charge in [0.2, 0.25) is 0 Å². The van der Waals surface area contributed by atoms with E-state index in [1.54, 1.807) is 0 Å². The molecule has 1 atom stereocenters. The third-order valence-corrected chi connectivity index (χ3v) is 15.1. The summed E-state index contributed by atoms with van der Waals surface area (Å²) >= 11 is 0. The first-order chi connectivity index (χ1) is 9.58. The first kappa shape index (κ1) is 22.0. The van der Waals surface area contributed by atoms with Crippen LogP contribution in [0.5, 0.6) is 0 Å². The summed E-state index contributed by atoms with van der Waals surface area (Å²) in [5.74, 6) is 0. The maximum absolute atomic E-state index is 11.3. The third-order valence-electron chi connectivity index (χ3n) is 2.15. The molecular formula is C12H32O6Si4. The van der Waals surface area contributed by atoms with Crippen LogP contribution in [-0.2, 0) is 21.8 Å². The highest BCUT2D eigenvalue weighted by molar-refractivity contribution is 6.89. The molecule has 0 aliphatic rings. The summed E-state index contributed by atoms with van der Waals surface area (Å²) in [4.78, 5) is 11.3. The Bertz CT molecular complexity index is 377. The predicted molar refractivity (Wildman–Crippen MR) is 97.4 cm³/mol. The molecule has 0 bridgehead atoms. The van der Waals surface area contributed by atoms with Crippen LogP contribution in [0.15, 0.2) is 0 Å². The zero-order valence-corrected chi connectivity index (χ0v) is 19.7. The van der Waals surface area contributed by atoms with Crippen molar-refractivity contribution in [1.82, 2.24) is 0 Å². The van der Waals surface area contributed by atoms with E-state index in [4.69, 9.17) is 17.1 Å². The molecule has 0 radical (unpaired) electrons. The lowest BCUT2D eigenvalue weighted by Crippen LogP contribution is -2.59. The Balaban J connectivity index is 5.10. The molecule has 6 nitrogen and oxygen atoms in total. The number of methoxy groups -OCH3 is 1. The van der Waals surface area contributed by atoms with Crippen molar-refractivity contribution in [2.45, 2.75) is 58.9 Å². The van der Waals surface area contributed by atoms with Crippen LogP contribution in [-0.4, -0.2) is 53.3 Å². The van der Waals surface area contributed by atoms with Gasteiger partial charge in [-0.1, -0.05) is 0 Å². The Morgan fingerprint density at radius 1 is 0.773 bits per heavy atom. The van der Waals surface area contributed by atoms with E-state index in [0.717, 1.165) is 0 Å². The van der Waals surface area contributed by atoms with Crippen molar-refractivity contribution >= 4 is 39.9 Å². The molecule has 0 aromatic heterocycles. The van der Waals surface area contributed by atoms with E-state index in [-0.39, 0.29) is 6.23 Å². The molecule has 0 aliphatic carbocycles. The van der Waals surface area contributed by atoms with Gasteiger partial charge in [0.05, 0.1) is 7.11 Å². The second kappa shape index (κ2) is 7.73. The second-order valence-electron chi connectivity index (χ2n) is 7.81. The molecule has 1 unspecified atom stereocenters. The Hall–Kier alpha value is 0.0175. The molecule has 22 heavy (non-hydrogen) atoms. The highest BCUT2D eigenvalue weighted by atomic mass is 28.5. The number of hydrogen-bond acceptors (Lipinski definition) is 6. The van der Waals surface area contributed by atoms with Gasteiger partial charge < -0.3 is 21.8 Å². The Morgan fingerprint density at radius 2 is 1.23 bits per heavy atom. The average Bonchev–Trinajstić information content (AvgIpc) is 2.18. The third kappa shape index (κ3) is 10.7. The van der Waals surface area contributed by atoms with Gasteiger partial charge in [0.1, 0.15) is 6.23 Å². The highest BCUT2D eigenvalue weighted by Crippen LogP contribution is 2.24. The maximum Gasteiger partial charge on any atom is 0.507 e. The summed E-state index contributed by atoms with van der Waals surface area (Å²) in [6, 6.07) is 0. The minimum Gasteiger partial charge on any atom is -0.438 e. The summed E-state index contributed by atoms with van der Waals surface area (Å²) in [5, 5.41) is 0. The molecule has 0 fully saturated rings. The monoisotopic (exact) mass is 384 g/mol. The molecule has 0 aromatic carbocycles. The lowest BCUT2D eigenvalue weighted by Gasteiger charge is -2.40. The molecule has 0 saturated heterocycles. The van der Waals surface area contributed by atoms with Crippen LogP contribution in [0, 0.1) is 0 Å². The minimum atomic E-state index is -2.70. The lowest BCUT2D eigenvalue weighted by molar-refractivity contribution is 0.0783. The summed E-state index contributed by atoms with van der Waals surface area (Å²) in [6.07, 6.45) is -0.609. The van der Waals surface area contributed by atoms with Crippen molar-refractivity contribution in [3.05, 3.63) is 0 Å². The van der Waals surface area contributed by atoms with E-state index in [0.29, 0.717) is 0 Å². The number of hydrogen-bond donors (Lipinski definition) is 0. The SMILES string of the molecule is COC(=O)OC[Si](C)(O[Si](C)(C)C)O[Si](C)(C)O[Si](C)(C)C. The molecule has 0 N–H and O–H groups in total. The smallest absolute Gasteiger partial charge is 0.438 e. The molecule has 0 aromatic rings. The number of ether oxygens (including phenoxy) is 2. The van der Waals surface area contributed by atoms with Gasteiger partial charge in [0.25, 0.3) is 0 Å². The van der Waals surface area contributed by atoms with Crippen LogP contribution in [0.3, 0.4) is 0 Å². The van der Waals surface area contributed by atoms with Crippen LogP contribution >= 0.6 is 0 Å². The summed E-state index contributed by atoms with van der Waals surface area (Å²) in [7, 11) is -7.35. The molecule has 0 amide bonds. The first-order valence-electron chi connectivity index (χ1n) is 7.39. The Labute approximate surface area is 139 Å². The zero-order valence-electron chi connectivity index (χ0n) is 15.7. The predicted octanol–water partition coefficient (Wildman–Crippen LogP) is 3.80. The molecule has 0 spiro atoms. The van der Waals surface area contributed by atoms with Gasteiger partial charge in [-0.2, -0.15) is 0 Å². The number of carbonyl (C=O) groups excluding carboxylic acids is 1. The molecular weight excluding hydrogens is 352 g/mol. The van der Waals surface area contributed by atoms with E-state index in [2.05, 4.69) is 44.0 Å². The van der Waals surface area contributed by atoms with Gasteiger partial charge in [-0.05, 0) is 58.9 Å². The van der Waals surface area contributed by atoms with Crippen molar-refractivity contribution in [2.75, 3.05) is 13.3 Å². The van der Waals surface area contributed by atoms with Gasteiger partial charge >= 0.3 is 23.3 Å². The van der Waals surface area contributed by atoms with E-state index in [1.807, 2.05) is 19.6 Å². The molecule has 10 heteroatoms. The van der Waals surface area contributed by atoms with Crippen LogP contribution in [0.25, 0.3) is 0 Å². The van der Waals surface area contributed by atoms with Gasteiger partial charge in [-0.15, -0.1) is 0 Å². The van der Waals surface area contributed by atoms with Crippen molar-refractivity contribution < 1.29 is 26.6 Å². The Kier molecular flexibility index (Phi) is 7.73. The summed E-state index contributed by atoms with van der Waals surface area (Å²) < 4.78 is 28.5. The van der Waals surface area contributed by atoms with Crippen molar-refractivity contribution in [3.8, 4) is 0 Å². The quantitative estimate of drug-likeness (QED) is 0.468. The Morgan fingerprint density at radius 3 is 1.59 bits per heavy atom. The van der Waals surface area contributed by atoms with E-state index >= 15 is 0 Å². The molecule has 0 rings (SSSR count). The molecule has 132 valence electrons. The normalized spacial score (nSPS) is 16.1. The van der Waals surface area contributed by atoms with Gasteiger partial charge in [0.15, 0.2) is 16.6 Å². The number of rotatable bonds is 8. The van der Waals surface area contributed by atoms with Gasteiger partial charge in [0, 0.05) is 0 Å². The van der Waals surface area contributed by atoms with Crippen LogP contribution in [0.2, 0.25) is 58.9 Å². The largest absolute Gasteiger partial charge is 0.507 e. The second-order valence-corrected chi connectivity index (χ2v) is 24.1. The van der Waals surface area contributed by atoms with E-state index in [9.17, 15) is 4.79 Å². The van der Waals surface area contributed by atoms with E-state index < -0.39 is 39.9 Å². The van der Waals surface area contributed by atoms with Crippen molar-refractivity contribution in [3.63, 3.8) is 0 Å². The first-order valence-corrected chi connectivity index (χ1v) is 19.5. The fourth-order valence-corrected chi connectivity index (χ4v) is 19.4. The maximum atomic E-state index is 11.3. The fraction of sp³-hybridized carbons (Fsp3) is 0.917. The standard InChI is InChI=1S/C12H32O6Si4/c1-14-12(13)15-11-22(10,17-20(5,6)7)18-21(8,9)16-19(2,3)4/h11H2,1-10H3. The van der Waals surface area contributed by atoms with Crippen molar-refractivity contribution in [2.24, 2.45) is 0 Å².